The van der Waals surface area contributed by atoms with E-state index < -0.39 is 0 Å². The van der Waals surface area contributed by atoms with E-state index in [1.807, 2.05) is 0 Å². The van der Waals surface area contributed by atoms with Gasteiger partial charge in [0.2, 0.25) is 5.91 Å². The molecule has 18 heavy (non-hydrogen) atoms. The van der Waals surface area contributed by atoms with Crippen LogP contribution in [0, 0.1) is 5.92 Å². The van der Waals surface area contributed by atoms with Gasteiger partial charge in [-0.25, -0.2) is 0 Å². The Morgan fingerprint density at radius 3 is 2.50 bits per heavy atom. The Morgan fingerprint density at radius 2 is 1.89 bits per heavy atom. The molecule has 1 unspecified atom stereocenters. The maximum Gasteiger partial charge on any atom is 0.240 e. The second-order valence-electron chi connectivity index (χ2n) is 5.91. The summed E-state index contributed by atoms with van der Waals surface area (Å²) in [5, 5.41) is 3.38. The molecule has 0 radical (unpaired) electrons. The highest BCUT2D eigenvalue weighted by molar-refractivity contribution is 5.84. The van der Waals surface area contributed by atoms with Crippen LogP contribution in [0.15, 0.2) is 0 Å². The first kappa shape index (κ1) is 13.9. The molecule has 104 valence electrons. The average Bonchev–Trinajstić information content (AvgIpc) is 2.78. The van der Waals surface area contributed by atoms with Crippen LogP contribution in [-0.2, 0) is 4.79 Å². The molecule has 1 aliphatic carbocycles. The monoisotopic (exact) mass is 252 g/mol. The number of hydrogen-bond acceptors (Lipinski definition) is 2. The predicted molar refractivity (Wildman–Crippen MR) is 74.4 cm³/mol. The molecule has 2 fully saturated rings. The topological polar surface area (TPSA) is 32.3 Å². The molecular formula is C15H28N2O. The van der Waals surface area contributed by atoms with E-state index in [-0.39, 0.29) is 6.04 Å². The largest absolute Gasteiger partial charge is 0.338 e. The molecular weight excluding hydrogens is 224 g/mol. The Kier molecular flexibility index (Phi) is 5.04. The second kappa shape index (κ2) is 6.55. The fourth-order valence-electron chi connectivity index (χ4n) is 3.44. The number of nitrogens with one attached hydrogen (secondary N) is 1. The molecule has 2 rings (SSSR count). The van der Waals surface area contributed by atoms with Crippen molar-refractivity contribution in [2.24, 2.45) is 5.92 Å². The second-order valence-corrected chi connectivity index (χ2v) is 5.91. The van der Waals surface area contributed by atoms with Gasteiger partial charge in [0.25, 0.3) is 0 Å². The number of nitrogens with zero attached hydrogens (tertiary/aromatic N) is 1. The Labute approximate surface area is 111 Å². The van der Waals surface area contributed by atoms with Crippen molar-refractivity contribution in [1.29, 1.82) is 0 Å². The molecule has 0 spiro atoms. The van der Waals surface area contributed by atoms with Crippen LogP contribution in [0.1, 0.15) is 58.8 Å². The van der Waals surface area contributed by atoms with E-state index in [2.05, 4.69) is 24.1 Å². The Hall–Kier alpha value is -0.570. The third-order valence-electron chi connectivity index (χ3n) is 4.71. The summed E-state index contributed by atoms with van der Waals surface area (Å²) in [4.78, 5) is 14.5. The van der Waals surface area contributed by atoms with Crippen LogP contribution in [0.2, 0.25) is 0 Å². The molecule has 0 aromatic rings. The Balaban J connectivity index is 1.82. The van der Waals surface area contributed by atoms with E-state index in [1.54, 1.807) is 0 Å². The van der Waals surface area contributed by atoms with Crippen molar-refractivity contribution in [3.05, 3.63) is 0 Å². The summed E-state index contributed by atoms with van der Waals surface area (Å²) in [6.07, 6.45) is 8.50. The van der Waals surface area contributed by atoms with Crippen LogP contribution >= 0.6 is 0 Å². The number of rotatable bonds is 5. The van der Waals surface area contributed by atoms with Crippen molar-refractivity contribution in [2.75, 3.05) is 13.1 Å². The summed E-state index contributed by atoms with van der Waals surface area (Å²) in [6, 6.07) is 0.641. The van der Waals surface area contributed by atoms with Gasteiger partial charge in [-0.1, -0.05) is 20.3 Å². The van der Waals surface area contributed by atoms with Crippen LogP contribution in [0.25, 0.3) is 0 Å². The van der Waals surface area contributed by atoms with Gasteiger partial charge in [0.05, 0.1) is 6.04 Å². The number of carbonyl (C=O) groups is 1. The van der Waals surface area contributed by atoms with E-state index in [0.29, 0.717) is 11.9 Å². The summed E-state index contributed by atoms with van der Waals surface area (Å²) >= 11 is 0. The van der Waals surface area contributed by atoms with E-state index in [9.17, 15) is 4.79 Å². The molecule has 0 bridgehead atoms. The standard InChI is InChI=1S/C15H28N2O/c1-3-10-16-14-9-11-17(15(14)18)13-7-5-12(4-2)6-8-13/h12-14,16H,3-11H2,1-2H3. The summed E-state index contributed by atoms with van der Waals surface area (Å²) in [5.41, 5.74) is 0. The molecule has 1 heterocycles. The Morgan fingerprint density at radius 1 is 1.17 bits per heavy atom. The van der Waals surface area contributed by atoms with E-state index in [1.165, 1.54) is 32.1 Å². The van der Waals surface area contributed by atoms with Gasteiger partial charge in [-0.15, -0.1) is 0 Å². The molecule has 0 aromatic carbocycles. The van der Waals surface area contributed by atoms with Gasteiger partial charge in [0, 0.05) is 12.6 Å². The fourth-order valence-corrected chi connectivity index (χ4v) is 3.44. The third kappa shape index (κ3) is 3.05. The molecule has 1 amide bonds. The lowest BCUT2D eigenvalue weighted by molar-refractivity contribution is -0.132. The first-order chi connectivity index (χ1) is 8.76. The first-order valence-electron chi connectivity index (χ1n) is 7.80. The summed E-state index contributed by atoms with van der Waals surface area (Å²) in [7, 11) is 0. The van der Waals surface area contributed by atoms with Crippen molar-refractivity contribution in [1.82, 2.24) is 10.2 Å². The minimum absolute atomic E-state index is 0.105. The van der Waals surface area contributed by atoms with Gasteiger partial charge in [0.1, 0.15) is 0 Å². The molecule has 0 aromatic heterocycles. The van der Waals surface area contributed by atoms with Gasteiger partial charge in [-0.3, -0.25) is 4.79 Å². The molecule has 1 aliphatic heterocycles. The highest BCUT2D eigenvalue weighted by Gasteiger charge is 2.36. The third-order valence-corrected chi connectivity index (χ3v) is 4.71. The van der Waals surface area contributed by atoms with Gasteiger partial charge in [-0.2, -0.15) is 0 Å². The van der Waals surface area contributed by atoms with Crippen LogP contribution in [0.5, 0.6) is 0 Å². The number of likely N-dealkylation sites (tertiary alicyclic amines) is 1. The maximum absolute atomic E-state index is 12.3. The highest BCUT2D eigenvalue weighted by Crippen LogP contribution is 2.31. The number of carbonyl (C=O) groups excluding carboxylic acids is 1. The lowest BCUT2D eigenvalue weighted by Gasteiger charge is -2.34. The van der Waals surface area contributed by atoms with Crippen molar-refractivity contribution in [2.45, 2.75) is 70.9 Å². The lowest BCUT2D eigenvalue weighted by atomic mass is 9.84. The quantitative estimate of drug-likeness (QED) is 0.815. The van der Waals surface area contributed by atoms with E-state index in [0.717, 1.165) is 31.8 Å². The molecule has 1 saturated carbocycles. The minimum Gasteiger partial charge on any atom is -0.338 e. The molecule has 1 N–H and O–H groups in total. The molecule has 1 atom stereocenters. The van der Waals surface area contributed by atoms with Crippen molar-refractivity contribution < 1.29 is 4.79 Å². The van der Waals surface area contributed by atoms with Crippen LogP contribution in [-0.4, -0.2) is 36.0 Å². The Bertz CT molecular complexity index is 272. The van der Waals surface area contributed by atoms with Gasteiger partial charge in [-0.05, 0) is 51.0 Å². The fraction of sp³-hybridized carbons (Fsp3) is 0.933. The summed E-state index contributed by atoms with van der Waals surface area (Å²) in [6.45, 7) is 6.38. The lowest BCUT2D eigenvalue weighted by Crippen LogP contribution is -2.44. The smallest absolute Gasteiger partial charge is 0.240 e. The van der Waals surface area contributed by atoms with Crippen molar-refractivity contribution >= 4 is 5.91 Å². The normalized spacial score (nSPS) is 33.1. The number of hydrogen-bond donors (Lipinski definition) is 1. The minimum atomic E-state index is 0.105. The van der Waals surface area contributed by atoms with Crippen molar-refractivity contribution in [3.63, 3.8) is 0 Å². The molecule has 2 aliphatic rings. The highest BCUT2D eigenvalue weighted by atomic mass is 16.2. The summed E-state index contributed by atoms with van der Waals surface area (Å²) in [5.74, 6) is 1.27. The van der Waals surface area contributed by atoms with Gasteiger partial charge in [0.15, 0.2) is 0 Å². The van der Waals surface area contributed by atoms with Gasteiger partial charge < -0.3 is 10.2 Å². The number of amides is 1. The van der Waals surface area contributed by atoms with Gasteiger partial charge >= 0.3 is 0 Å². The maximum atomic E-state index is 12.3. The molecule has 1 saturated heterocycles. The van der Waals surface area contributed by atoms with E-state index in [4.69, 9.17) is 0 Å². The predicted octanol–water partition coefficient (Wildman–Crippen LogP) is 2.56. The van der Waals surface area contributed by atoms with E-state index >= 15 is 0 Å². The van der Waals surface area contributed by atoms with Crippen LogP contribution in [0.3, 0.4) is 0 Å². The molecule has 3 heteroatoms. The molecule has 3 nitrogen and oxygen atoms in total. The zero-order chi connectivity index (χ0) is 13.0. The van der Waals surface area contributed by atoms with Crippen LogP contribution < -0.4 is 5.32 Å². The van der Waals surface area contributed by atoms with Crippen molar-refractivity contribution in [3.8, 4) is 0 Å². The zero-order valence-electron chi connectivity index (χ0n) is 12.0. The SMILES string of the molecule is CCCNC1CCN(C2CCC(CC)CC2)C1=O. The zero-order valence-corrected chi connectivity index (χ0v) is 12.0. The average molecular weight is 252 g/mol. The van der Waals surface area contributed by atoms with Crippen LogP contribution in [0.4, 0.5) is 0 Å². The summed E-state index contributed by atoms with van der Waals surface area (Å²) < 4.78 is 0. The first-order valence-corrected chi connectivity index (χ1v) is 7.80.